The molecule has 0 fully saturated rings. The molecule has 1 aromatic rings. The molecular formula is C6H8ClN5. The van der Waals surface area contributed by atoms with Crippen LogP contribution in [-0.2, 0) is 13.6 Å². The number of rotatable bonds is 2. The summed E-state index contributed by atoms with van der Waals surface area (Å²) in [4.78, 5) is 2.65. The number of aryl methyl sites for hydroxylation is 2. The minimum Gasteiger partial charge on any atom is -0.271 e. The molecule has 0 bridgehead atoms. The third-order valence-electron chi connectivity index (χ3n) is 1.55. The summed E-state index contributed by atoms with van der Waals surface area (Å²) in [6.07, 6.45) is 0. The summed E-state index contributed by atoms with van der Waals surface area (Å²) in [5.41, 5.74) is 9.60. The molecule has 5 nitrogen and oxygen atoms in total. The lowest BCUT2D eigenvalue weighted by Gasteiger charge is -1.95. The van der Waals surface area contributed by atoms with E-state index in [1.807, 2.05) is 6.92 Å². The monoisotopic (exact) mass is 185 g/mol. The van der Waals surface area contributed by atoms with Crippen molar-refractivity contribution >= 4 is 11.6 Å². The van der Waals surface area contributed by atoms with Crippen LogP contribution >= 0.6 is 11.6 Å². The van der Waals surface area contributed by atoms with Gasteiger partial charge in [-0.1, -0.05) is 16.7 Å². The van der Waals surface area contributed by atoms with Gasteiger partial charge in [-0.3, -0.25) is 4.68 Å². The molecule has 64 valence electrons. The van der Waals surface area contributed by atoms with Crippen LogP contribution < -0.4 is 0 Å². The van der Waals surface area contributed by atoms with Gasteiger partial charge in [-0.05, 0) is 12.5 Å². The van der Waals surface area contributed by atoms with Crippen LogP contribution in [-0.4, -0.2) is 9.78 Å². The van der Waals surface area contributed by atoms with Crippen molar-refractivity contribution in [1.82, 2.24) is 9.78 Å². The Labute approximate surface area is 74.6 Å². The standard InChI is InChI=1S/C6H8ClN5/c1-4-6(7)5(3-9-11-8)12(2)10-4/h3H2,1-2H3. The molecule has 1 heterocycles. The van der Waals surface area contributed by atoms with E-state index in [2.05, 4.69) is 15.1 Å². The fourth-order valence-corrected chi connectivity index (χ4v) is 1.17. The van der Waals surface area contributed by atoms with Crippen molar-refractivity contribution in [2.75, 3.05) is 0 Å². The van der Waals surface area contributed by atoms with Crippen molar-refractivity contribution in [3.8, 4) is 0 Å². The lowest BCUT2D eigenvalue weighted by molar-refractivity contribution is 0.704. The Balaban J connectivity index is 3.04. The molecule has 0 unspecified atom stereocenters. The van der Waals surface area contributed by atoms with Crippen molar-refractivity contribution in [3.05, 3.63) is 26.9 Å². The molecular weight excluding hydrogens is 178 g/mol. The van der Waals surface area contributed by atoms with E-state index in [4.69, 9.17) is 17.1 Å². The van der Waals surface area contributed by atoms with Gasteiger partial charge in [-0.2, -0.15) is 5.10 Å². The van der Waals surface area contributed by atoms with Crippen molar-refractivity contribution < 1.29 is 0 Å². The van der Waals surface area contributed by atoms with Crippen molar-refractivity contribution in [2.24, 2.45) is 12.2 Å². The van der Waals surface area contributed by atoms with Gasteiger partial charge in [0.2, 0.25) is 0 Å². The number of halogens is 1. The first-order valence-electron chi connectivity index (χ1n) is 3.35. The van der Waals surface area contributed by atoms with Gasteiger partial charge in [0, 0.05) is 12.0 Å². The maximum atomic E-state index is 8.10. The first-order valence-corrected chi connectivity index (χ1v) is 3.73. The van der Waals surface area contributed by atoms with Gasteiger partial charge in [0.25, 0.3) is 0 Å². The minimum atomic E-state index is 0.243. The largest absolute Gasteiger partial charge is 0.271 e. The van der Waals surface area contributed by atoms with Crippen molar-refractivity contribution in [2.45, 2.75) is 13.5 Å². The Hall–Kier alpha value is -1.19. The zero-order valence-electron chi connectivity index (χ0n) is 6.82. The van der Waals surface area contributed by atoms with E-state index < -0.39 is 0 Å². The van der Waals surface area contributed by atoms with Crippen LogP contribution in [0, 0.1) is 6.92 Å². The zero-order valence-corrected chi connectivity index (χ0v) is 7.58. The summed E-state index contributed by atoms with van der Waals surface area (Å²) >= 11 is 5.88. The molecule has 12 heavy (non-hydrogen) atoms. The second-order valence-corrected chi connectivity index (χ2v) is 2.74. The first kappa shape index (κ1) is 8.90. The van der Waals surface area contributed by atoms with Crippen LogP contribution in [0.5, 0.6) is 0 Å². The third-order valence-corrected chi connectivity index (χ3v) is 2.04. The summed E-state index contributed by atoms with van der Waals surface area (Å²) < 4.78 is 1.62. The maximum absolute atomic E-state index is 8.10. The fraction of sp³-hybridized carbons (Fsp3) is 0.500. The SMILES string of the molecule is Cc1nn(C)c(CN=[N+]=[N-])c1Cl. The van der Waals surface area contributed by atoms with Gasteiger partial charge in [-0.15, -0.1) is 0 Å². The second-order valence-electron chi connectivity index (χ2n) is 2.36. The summed E-state index contributed by atoms with van der Waals surface area (Å²) in [6.45, 7) is 2.05. The molecule has 0 spiro atoms. The molecule has 0 amide bonds. The van der Waals surface area contributed by atoms with E-state index in [9.17, 15) is 0 Å². The second kappa shape index (κ2) is 3.47. The van der Waals surface area contributed by atoms with Crippen LogP contribution in [0.15, 0.2) is 5.11 Å². The lowest BCUT2D eigenvalue weighted by Crippen LogP contribution is -1.96. The highest BCUT2D eigenvalue weighted by Crippen LogP contribution is 2.19. The average Bonchev–Trinajstić information content (AvgIpc) is 2.25. The number of azide groups is 1. The highest BCUT2D eigenvalue weighted by atomic mass is 35.5. The van der Waals surface area contributed by atoms with Gasteiger partial charge in [0.1, 0.15) is 0 Å². The van der Waals surface area contributed by atoms with E-state index >= 15 is 0 Å². The lowest BCUT2D eigenvalue weighted by atomic mass is 10.4. The van der Waals surface area contributed by atoms with E-state index in [0.29, 0.717) is 5.02 Å². The molecule has 0 aliphatic rings. The maximum Gasteiger partial charge on any atom is 0.0848 e. The van der Waals surface area contributed by atoms with Crippen molar-refractivity contribution in [3.63, 3.8) is 0 Å². The van der Waals surface area contributed by atoms with Gasteiger partial charge in [0.15, 0.2) is 0 Å². The summed E-state index contributed by atoms with van der Waals surface area (Å²) in [5, 5.41) is 8.05. The molecule has 0 saturated heterocycles. The predicted octanol–water partition coefficient (Wildman–Crippen LogP) is 2.19. The van der Waals surface area contributed by atoms with Crippen LogP contribution in [0.4, 0.5) is 0 Å². The number of hydrogen-bond donors (Lipinski definition) is 0. The number of hydrogen-bond acceptors (Lipinski definition) is 2. The topological polar surface area (TPSA) is 66.6 Å². The third kappa shape index (κ3) is 1.52. The Morgan fingerprint density at radius 1 is 1.75 bits per heavy atom. The van der Waals surface area contributed by atoms with Crippen molar-refractivity contribution in [1.29, 1.82) is 0 Å². The predicted molar refractivity (Wildman–Crippen MR) is 45.8 cm³/mol. The van der Waals surface area contributed by atoms with Crippen LogP contribution in [0.25, 0.3) is 10.4 Å². The Kier molecular flexibility index (Phi) is 2.58. The van der Waals surface area contributed by atoms with Crippen LogP contribution in [0.3, 0.4) is 0 Å². The quantitative estimate of drug-likeness (QED) is 0.396. The van der Waals surface area contributed by atoms with E-state index in [1.165, 1.54) is 0 Å². The summed E-state index contributed by atoms with van der Waals surface area (Å²) in [6, 6.07) is 0. The molecule has 0 saturated carbocycles. The molecule has 1 aromatic heterocycles. The minimum absolute atomic E-state index is 0.243. The Morgan fingerprint density at radius 3 is 2.83 bits per heavy atom. The molecule has 1 rings (SSSR count). The van der Waals surface area contributed by atoms with Crippen LogP contribution in [0.1, 0.15) is 11.4 Å². The van der Waals surface area contributed by atoms with E-state index in [1.54, 1.807) is 11.7 Å². The average molecular weight is 186 g/mol. The molecule has 0 aromatic carbocycles. The summed E-state index contributed by atoms with van der Waals surface area (Å²) in [5.74, 6) is 0. The molecule has 0 aliphatic carbocycles. The molecule has 6 heteroatoms. The van der Waals surface area contributed by atoms with Gasteiger partial charge in [0.05, 0.1) is 23.0 Å². The summed E-state index contributed by atoms with van der Waals surface area (Å²) in [7, 11) is 1.76. The molecule has 0 atom stereocenters. The highest BCUT2D eigenvalue weighted by molar-refractivity contribution is 6.31. The van der Waals surface area contributed by atoms with Gasteiger partial charge in [-0.25, -0.2) is 0 Å². The molecule has 0 radical (unpaired) electrons. The zero-order chi connectivity index (χ0) is 9.14. The molecule has 0 N–H and O–H groups in total. The number of aromatic nitrogens is 2. The first-order chi connectivity index (χ1) is 5.66. The fourth-order valence-electron chi connectivity index (χ4n) is 0.950. The molecule has 0 aliphatic heterocycles. The van der Waals surface area contributed by atoms with E-state index in [0.717, 1.165) is 11.4 Å². The normalized spacial score (nSPS) is 9.58. The highest BCUT2D eigenvalue weighted by Gasteiger charge is 2.08. The van der Waals surface area contributed by atoms with Gasteiger partial charge >= 0.3 is 0 Å². The van der Waals surface area contributed by atoms with Crippen LogP contribution in [0.2, 0.25) is 5.02 Å². The Morgan fingerprint density at radius 2 is 2.42 bits per heavy atom. The smallest absolute Gasteiger partial charge is 0.0848 e. The van der Waals surface area contributed by atoms with E-state index in [-0.39, 0.29) is 6.54 Å². The van der Waals surface area contributed by atoms with Gasteiger partial charge < -0.3 is 0 Å². The Bertz CT molecular complexity index is 336. The number of nitrogens with zero attached hydrogens (tertiary/aromatic N) is 5.